The Morgan fingerprint density at radius 1 is 1.11 bits per heavy atom. The summed E-state index contributed by atoms with van der Waals surface area (Å²) < 4.78 is 12.9. The summed E-state index contributed by atoms with van der Waals surface area (Å²) in [6, 6.07) is 13.8. The lowest BCUT2D eigenvalue weighted by atomic mass is 9.93. The maximum Gasteiger partial charge on any atom is 0.123 e. The summed E-state index contributed by atoms with van der Waals surface area (Å²) in [5, 5.41) is 10.1. The third-order valence-corrected chi connectivity index (χ3v) is 3.17. The molecule has 0 saturated heterocycles. The van der Waals surface area contributed by atoms with Crippen LogP contribution in [0, 0.1) is 5.82 Å². The van der Waals surface area contributed by atoms with Crippen molar-refractivity contribution in [3.63, 3.8) is 0 Å². The topological polar surface area (TPSA) is 20.2 Å². The van der Waals surface area contributed by atoms with E-state index in [0.29, 0.717) is 11.4 Å². The van der Waals surface area contributed by atoms with Gasteiger partial charge in [-0.3, -0.25) is 0 Å². The summed E-state index contributed by atoms with van der Waals surface area (Å²) >= 11 is 5.93. The SMILES string of the molecule is OCC(Cc1cccc(Cl)c1)c1ccc(F)cc1. The minimum absolute atomic E-state index is 0.0259. The van der Waals surface area contributed by atoms with Gasteiger partial charge in [-0.05, 0) is 41.8 Å². The molecule has 0 aliphatic heterocycles. The summed E-state index contributed by atoms with van der Waals surface area (Å²) in [5.74, 6) is -0.303. The van der Waals surface area contributed by atoms with Crippen LogP contribution >= 0.6 is 11.6 Å². The highest BCUT2D eigenvalue weighted by atomic mass is 35.5. The molecule has 2 aromatic rings. The zero-order chi connectivity index (χ0) is 13.0. The molecule has 0 saturated carbocycles. The highest BCUT2D eigenvalue weighted by Gasteiger charge is 2.11. The van der Waals surface area contributed by atoms with E-state index in [1.807, 2.05) is 24.3 Å². The largest absolute Gasteiger partial charge is 0.396 e. The molecule has 3 heteroatoms. The predicted molar refractivity (Wildman–Crippen MR) is 71.4 cm³/mol. The smallest absolute Gasteiger partial charge is 0.123 e. The molecule has 0 bridgehead atoms. The van der Waals surface area contributed by atoms with Crippen molar-refractivity contribution in [1.82, 2.24) is 0 Å². The average molecular weight is 265 g/mol. The van der Waals surface area contributed by atoms with Gasteiger partial charge in [0.25, 0.3) is 0 Å². The lowest BCUT2D eigenvalue weighted by Gasteiger charge is -2.14. The third-order valence-electron chi connectivity index (χ3n) is 2.93. The second-order valence-electron chi connectivity index (χ2n) is 4.27. The molecule has 0 amide bonds. The first-order valence-corrected chi connectivity index (χ1v) is 6.17. The summed E-state index contributed by atoms with van der Waals surface area (Å²) in [4.78, 5) is 0. The minimum Gasteiger partial charge on any atom is -0.396 e. The first kappa shape index (κ1) is 13.1. The number of rotatable bonds is 4. The Kier molecular flexibility index (Phi) is 4.34. The molecule has 0 spiro atoms. The van der Waals surface area contributed by atoms with Gasteiger partial charge in [-0.15, -0.1) is 0 Å². The van der Waals surface area contributed by atoms with E-state index in [4.69, 9.17) is 11.6 Å². The third kappa shape index (κ3) is 3.31. The maximum absolute atomic E-state index is 12.9. The van der Waals surface area contributed by atoms with Gasteiger partial charge in [0.1, 0.15) is 5.82 Å². The second-order valence-corrected chi connectivity index (χ2v) is 4.70. The Morgan fingerprint density at radius 2 is 1.83 bits per heavy atom. The van der Waals surface area contributed by atoms with Crippen molar-refractivity contribution in [2.45, 2.75) is 12.3 Å². The van der Waals surface area contributed by atoms with Crippen LogP contribution in [0.2, 0.25) is 5.02 Å². The summed E-state index contributed by atoms with van der Waals surface area (Å²) in [7, 11) is 0. The maximum atomic E-state index is 12.9. The molecular formula is C15H14ClFO. The zero-order valence-electron chi connectivity index (χ0n) is 9.81. The van der Waals surface area contributed by atoms with Crippen molar-refractivity contribution in [3.05, 3.63) is 70.5 Å². The first-order valence-electron chi connectivity index (χ1n) is 5.80. The van der Waals surface area contributed by atoms with Crippen molar-refractivity contribution < 1.29 is 9.50 Å². The Hall–Kier alpha value is -1.38. The summed E-state index contributed by atoms with van der Waals surface area (Å²) in [6.07, 6.45) is 0.683. The Morgan fingerprint density at radius 3 is 2.44 bits per heavy atom. The number of halogens is 2. The van der Waals surface area contributed by atoms with E-state index in [9.17, 15) is 9.50 Å². The normalized spacial score (nSPS) is 12.4. The van der Waals surface area contributed by atoms with E-state index in [2.05, 4.69) is 0 Å². The van der Waals surface area contributed by atoms with Crippen LogP contribution in [0.3, 0.4) is 0 Å². The molecule has 0 fully saturated rings. The fourth-order valence-corrected chi connectivity index (χ4v) is 2.18. The van der Waals surface area contributed by atoms with E-state index in [-0.39, 0.29) is 18.3 Å². The van der Waals surface area contributed by atoms with Crippen LogP contribution in [0.25, 0.3) is 0 Å². The molecule has 18 heavy (non-hydrogen) atoms. The lowest BCUT2D eigenvalue weighted by molar-refractivity contribution is 0.264. The van der Waals surface area contributed by atoms with E-state index in [1.165, 1.54) is 12.1 Å². The number of benzene rings is 2. The Bertz CT molecular complexity index is 510. The van der Waals surface area contributed by atoms with Crippen molar-refractivity contribution in [1.29, 1.82) is 0 Å². The van der Waals surface area contributed by atoms with Crippen LogP contribution < -0.4 is 0 Å². The van der Waals surface area contributed by atoms with Gasteiger partial charge in [0.15, 0.2) is 0 Å². The summed E-state index contributed by atoms with van der Waals surface area (Å²) in [5.41, 5.74) is 1.99. The standard InChI is InChI=1S/C15H14ClFO/c16-14-3-1-2-11(9-14)8-13(10-18)12-4-6-15(17)7-5-12/h1-7,9,13,18H,8,10H2. The molecule has 2 rings (SSSR count). The highest BCUT2D eigenvalue weighted by molar-refractivity contribution is 6.30. The van der Waals surface area contributed by atoms with Crippen molar-refractivity contribution in [3.8, 4) is 0 Å². The molecular weight excluding hydrogens is 251 g/mol. The molecule has 94 valence electrons. The molecule has 0 aromatic heterocycles. The van der Waals surface area contributed by atoms with Crippen LogP contribution in [0.15, 0.2) is 48.5 Å². The average Bonchev–Trinajstić information content (AvgIpc) is 2.37. The lowest BCUT2D eigenvalue weighted by Crippen LogP contribution is -2.07. The Labute approximate surface area is 111 Å². The fourth-order valence-electron chi connectivity index (χ4n) is 1.97. The fraction of sp³-hybridized carbons (Fsp3) is 0.200. The number of hydrogen-bond acceptors (Lipinski definition) is 1. The van der Waals surface area contributed by atoms with Crippen LogP contribution in [0.5, 0.6) is 0 Å². The van der Waals surface area contributed by atoms with E-state index in [0.717, 1.165) is 11.1 Å². The van der Waals surface area contributed by atoms with Crippen LogP contribution in [-0.4, -0.2) is 11.7 Å². The molecule has 0 radical (unpaired) electrons. The van der Waals surface area contributed by atoms with Crippen molar-refractivity contribution >= 4 is 11.6 Å². The van der Waals surface area contributed by atoms with Gasteiger partial charge in [0.05, 0.1) is 6.61 Å². The molecule has 1 N–H and O–H groups in total. The van der Waals surface area contributed by atoms with Gasteiger partial charge in [-0.2, -0.15) is 0 Å². The molecule has 0 heterocycles. The monoisotopic (exact) mass is 264 g/mol. The predicted octanol–water partition coefficient (Wildman–Crippen LogP) is 3.80. The molecule has 1 nitrogen and oxygen atoms in total. The molecule has 2 aromatic carbocycles. The van der Waals surface area contributed by atoms with Gasteiger partial charge in [0.2, 0.25) is 0 Å². The van der Waals surface area contributed by atoms with Crippen molar-refractivity contribution in [2.75, 3.05) is 6.61 Å². The first-order chi connectivity index (χ1) is 8.69. The number of hydrogen-bond donors (Lipinski definition) is 1. The highest BCUT2D eigenvalue weighted by Crippen LogP contribution is 2.22. The van der Waals surface area contributed by atoms with Crippen molar-refractivity contribution in [2.24, 2.45) is 0 Å². The number of aliphatic hydroxyl groups excluding tert-OH is 1. The molecule has 1 atom stereocenters. The van der Waals surface area contributed by atoms with Crippen LogP contribution in [0.1, 0.15) is 17.0 Å². The van der Waals surface area contributed by atoms with E-state index >= 15 is 0 Å². The number of aliphatic hydroxyl groups is 1. The molecule has 0 aliphatic carbocycles. The van der Waals surface area contributed by atoms with E-state index < -0.39 is 0 Å². The second kappa shape index (κ2) is 5.98. The minimum atomic E-state index is -0.266. The van der Waals surface area contributed by atoms with Crippen LogP contribution in [0.4, 0.5) is 4.39 Å². The molecule has 1 unspecified atom stereocenters. The zero-order valence-corrected chi connectivity index (χ0v) is 10.6. The van der Waals surface area contributed by atoms with Gasteiger partial charge < -0.3 is 5.11 Å². The summed E-state index contributed by atoms with van der Waals surface area (Å²) in [6.45, 7) is 0.0259. The quantitative estimate of drug-likeness (QED) is 0.891. The van der Waals surface area contributed by atoms with Gasteiger partial charge in [-0.25, -0.2) is 4.39 Å². The Balaban J connectivity index is 2.17. The van der Waals surface area contributed by atoms with Crippen LogP contribution in [-0.2, 0) is 6.42 Å². The van der Waals surface area contributed by atoms with Gasteiger partial charge in [0, 0.05) is 10.9 Å². The van der Waals surface area contributed by atoms with Gasteiger partial charge in [-0.1, -0.05) is 35.9 Å². The van der Waals surface area contributed by atoms with Gasteiger partial charge >= 0.3 is 0 Å². The molecule has 0 aliphatic rings. The van der Waals surface area contributed by atoms with E-state index in [1.54, 1.807) is 12.1 Å².